The zero-order valence-electron chi connectivity index (χ0n) is 12.3. The molecule has 2 aromatic heterocycles. The van der Waals surface area contributed by atoms with Crippen molar-refractivity contribution in [3.63, 3.8) is 0 Å². The molecule has 0 radical (unpaired) electrons. The fourth-order valence-electron chi connectivity index (χ4n) is 2.04. The average Bonchev–Trinajstić information content (AvgIpc) is 2.98. The van der Waals surface area contributed by atoms with Gasteiger partial charge in [-0.3, -0.25) is 9.98 Å². The number of thiazole rings is 1. The lowest BCUT2D eigenvalue weighted by molar-refractivity contribution is 0.833. The summed E-state index contributed by atoms with van der Waals surface area (Å²) in [6.45, 7) is 2.76. The van der Waals surface area contributed by atoms with Crippen LogP contribution < -0.4 is 4.80 Å². The van der Waals surface area contributed by atoms with Crippen LogP contribution in [0.1, 0.15) is 12.5 Å². The van der Waals surface area contributed by atoms with Crippen LogP contribution in [-0.2, 0) is 0 Å². The Balaban J connectivity index is 2.07. The summed E-state index contributed by atoms with van der Waals surface area (Å²) >= 11 is 1.60. The summed E-state index contributed by atoms with van der Waals surface area (Å²) in [6.07, 6.45) is 5.35. The second-order valence-electron chi connectivity index (χ2n) is 4.58. The van der Waals surface area contributed by atoms with Gasteiger partial charge in [0.15, 0.2) is 0 Å². The molecule has 3 aromatic rings. The highest BCUT2D eigenvalue weighted by atomic mass is 32.1. The van der Waals surface area contributed by atoms with E-state index in [1.54, 1.807) is 23.7 Å². The SMILES string of the molecule is CCN=c1scc(-c2ccccc2)n1N=Cc1ccncc1. The summed E-state index contributed by atoms with van der Waals surface area (Å²) in [4.78, 5) is 9.43. The van der Waals surface area contributed by atoms with Crippen molar-refractivity contribution >= 4 is 17.6 Å². The van der Waals surface area contributed by atoms with Gasteiger partial charge in [-0.15, -0.1) is 11.3 Å². The Morgan fingerprint density at radius 1 is 1.14 bits per heavy atom. The van der Waals surface area contributed by atoms with Crippen LogP contribution >= 0.6 is 11.3 Å². The summed E-state index contributed by atoms with van der Waals surface area (Å²) < 4.78 is 1.89. The standard InChI is InChI=1S/C17H16N4S/c1-2-19-17-21(20-12-14-8-10-18-11-9-14)16(13-22-17)15-6-4-3-5-7-15/h3-13H,2H2,1H3. The Morgan fingerprint density at radius 2 is 1.91 bits per heavy atom. The van der Waals surface area contributed by atoms with Crippen molar-refractivity contribution in [3.8, 4) is 11.3 Å². The number of hydrogen-bond donors (Lipinski definition) is 0. The van der Waals surface area contributed by atoms with E-state index in [9.17, 15) is 0 Å². The minimum Gasteiger partial charge on any atom is -0.265 e. The molecule has 110 valence electrons. The van der Waals surface area contributed by atoms with Crippen molar-refractivity contribution in [1.29, 1.82) is 0 Å². The molecule has 0 spiro atoms. The molecule has 0 aliphatic rings. The van der Waals surface area contributed by atoms with E-state index in [-0.39, 0.29) is 0 Å². The van der Waals surface area contributed by atoms with Gasteiger partial charge in [-0.2, -0.15) is 5.10 Å². The third-order valence-corrected chi connectivity index (χ3v) is 3.93. The molecule has 4 nitrogen and oxygen atoms in total. The fraction of sp³-hybridized carbons (Fsp3) is 0.118. The molecule has 0 bridgehead atoms. The fourth-order valence-corrected chi connectivity index (χ4v) is 2.94. The number of rotatable bonds is 4. The van der Waals surface area contributed by atoms with Gasteiger partial charge in [-0.1, -0.05) is 30.3 Å². The average molecular weight is 308 g/mol. The summed E-state index contributed by atoms with van der Waals surface area (Å²) in [5.74, 6) is 0. The lowest BCUT2D eigenvalue weighted by atomic mass is 10.2. The predicted octanol–water partition coefficient (Wildman–Crippen LogP) is 3.41. The first-order valence-electron chi connectivity index (χ1n) is 7.09. The summed E-state index contributed by atoms with van der Waals surface area (Å²) in [7, 11) is 0. The molecule has 1 aromatic carbocycles. The molecule has 0 atom stereocenters. The third kappa shape index (κ3) is 3.20. The number of aromatic nitrogens is 2. The number of nitrogens with zero attached hydrogens (tertiary/aromatic N) is 4. The molecule has 5 heteroatoms. The van der Waals surface area contributed by atoms with Crippen LogP contribution in [-0.4, -0.2) is 22.4 Å². The molecule has 3 rings (SSSR count). The number of pyridine rings is 1. The summed E-state index contributed by atoms with van der Waals surface area (Å²) in [5, 5.41) is 6.70. The zero-order valence-corrected chi connectivity index (χ0v) is 13.1. The van der Waals surface area contributed by atoms with E-state index in [2.05, 4.69) is 32.6 Å². The Labute approximate surface area is 133 Å². The maximum Gasteiger partial charge on any atom is 0.206 e. The van der Waals surface area contributed by atoms with Gasteiger partial charge in [0.1, 0.15) is 0 Å². The molecule has 2 heterocycles. The second-order valence-corrected chi connectivity index (χ2v) is 5.42. The molecule has 0 saturated carbocycles. The van der Waals surface area contributed by atoms with Crippen LogP contribution in [0.25, 0.3) is 11.3 Å². The van der Waals surface area contributed by atoms with Crippen LogP contribution in [0.15, 0.2) is 70.3 Å². The number of hydrogen-bond acceptors (Lipinski definition) is 4. The highest BCUT2D eigenvalue weighted by Gasteiger charge is 2.06. The lowest BCUT2D eigenvalue weighted by Crippen LogP contribution is -2.12. The van der Waals surface area contributed by atoms with E-state index in [0.717, 1.165) is 28.2 Å². The van der Waals surface area contributed by atoms with Gasteiger partial charge in [0.25, 0.3) is 0 Å². The van der Waals surface area contributed by atoms with Crippen LogP contribution in [0.3, 0.4) is 0 Å². The molecule has 22 heavy (non-hydrogen) atoms. The highest BCUT2D eigenvalue weighted by molar-refractivity contribution is 7.07. The van der Waals surface area contributed by atoms with E-state index in [4.69, 9.17) is 0 Å². The van der Waals surface area contributed by atoms with Crippen molar-refractivity contribution in [2.75, 3.05) is 6.54 Å². The van der Waals surface area contributed by atoms with E-state index in [1.165, 1.54) is 0 Å². The van der Waals surface area contributed by atoms with Gasteiger partial charge < -0.3 is 0 Å². The maximum atomic E-state index is 4.61. The topological polar surface area (TPSA) is 42.5 Å². The number of benzene rings is 1. The van der Waals surface area contributed by atoms with E-state index in [1.807, 2.05) is 48.1 Å². The minimum atomic E-state index is 0.736. The lowest BCUT2D eigenvalue weighted by Gasteiger charge is -2.03. The van der Waals surface area contributed by atoms with Crippen molar-refractivity contribution in [2.45, 2.75) is 6.92 Å². The van der Waals surface area contributed by atoms with Crippen molar-refractivity contribution in [2.24, 2.45) is 10.1 Å². The Bertz CT molecular complexity index is 817. The van der Waals surface area contributed by atoms with Gasteiger partial charge in [0.2, 0.25) is 4.80 Å². The molecule has 0 amide bonds. The summed E-state index contributed by atoms with van der Waals surface area (Å²) in [6, 6.07) is 14.1. The molecule has 0 fully saturated rings. The van der Waals surface area contributed by atoms with Gasteiger partial charge in [0, 0.05) is 29.9 Å². The smallest absolute Gasteiger partial charge is 0.206 e. The van der Waals surface area contributed by atoms with Gasteiger partial charge in [-0.05, 0) is 24.6 Å². The van der Waals surface area contributed by atoms with Crippen LogP contribution in [0.2, 0.25) is 0 Å². The van der Waals surface area contributed by atoms with Crippen LogP contribution in [0, 0.1) is 0 Å². The van der Waals surface area contributed by atoms with Gasteiger partial charge >= 0.3 is 0 Å². The van der Waals surface area contributed by atoms with E-state index in [0.29, 0.717) is 0 Å². The Kier molecular flexibility index (Phi) is 4.56. The third-order valence-electron chi connectivity index (χ3n) is 3.08. The Hall–Kier alpha value is -2.53. The molecular weight excluding hydrogens is 292 g/mol. The Morgan fingerprint density at radius 3 is 2.64 bits per heavy atom. The molecule has 0 saturated heterocycles. The monoisotopic (exact) mass is 308 g/mol. The first-order valence-corrected chi connectivity index (χ1v) is 7.97. The molecular formula is C17H16N4S. The largest absolute Gasteiger partial charge is 0.265 e. The second kappa shape index (κ2) is 6.95. The van der Waals surface area contributed by atoms with Gasteiger partial charge in [0.05, 0.1) is 11.9 Å². The van der Waals surface area contributed by atoms with E-state index >= 15 is 0 Å². The quantitative estimate of drug-likeness (QED) is 0.681. The normalized spacial score (nSPS) is 12.1. The van der Waals surface area contributed by atoms with Crippen LogP contribution in [0.4, 0.5) is 0 Å². The zero-order chi connectivity index (χ0) is 15.2. The first kappa shape index (κ1) is 14.4. The van der Waals surface area contributed by atoms with Gasteiger partial charge in [-0.25, -0.2) is 4.68 Å². The maximum absolute atomic E-state index is 4.61. The molecule has 0 aliphatic heterocycles. The van der Waals surface area contributed by atoms with Crippen molar-refractivity contribution in [3.05, 3.63) is 70.6 Å². The molecule has 0 N–H and O–H groups in total. The highest BCUT2D eigenvalue weighted by Crippen LogP contribution is 2.19. The molecule has 0 unspecified atom stereocenters. The minimum absolute atomic E-state index is 0.736. The summed E-state index contributed by atoms with van der Waals surface area (Å²) in [5.41, 5.74) is 3.18. The predicted molar refractivity (Wildman–Crippen MR) is 91.1 cm³/mol. The van der Waals surface area contributed by atoms with E-state index < -0.39 is 0 Å². The first-order chi connectivity index (χ1) is 10.9. The van der Waals surface area contributed by atoms with Crippen molar-refractivity contribution < 1.29 is 0 Å². The van der Waals surface area contributed by atoms with Crippen LogP contribution in [0.5, 0.6) is 0 Å². The van der Waals surface area contributed by atoms with Crippen molar-refractivity contribution in [1.82, 2.24) is 9.66 Å². The molecule has 0 aliphatic carbocycles.